The number of aromatic hydroxyl groups is 1. The molecule has 0 spiro atoms. The first-order chi connectivity index (χ1) is 14.9. The van der Waals surface area contributed by atoms with Gasteiger partial charge in [-0.05, 0) is 82.3 Å². The third-order valence-electron chi connectivity index (χ3n) is 5.15. The Morgan fingerprint density at radius 2 is 1.26 bits per heavy atom. The first kappa shape index (κ1) is 22.0. The van der Waals surface area contributed by atoms with E-state index in [-0.39, 0.29) is 5.75 Å². The Kier molecular flexibility index (Phi) is 6.77. The fourth-order valence-electron chi connectivity index (χ4n) is 3.43. The van der Waals surface area contributed by atoms with Crippen LogP contribution in [0.15, 0.2) is 83.9 Å². The fourth-order valence-corrected chi connectivity index (χ4v) is 5.32. The van der Waals surface area contributed by atoms with Gasteiger partial charge in [-0.15, -0.1) is 0 Å². The summed E-state index contributed by atoms with van der Waals surface area (Å²) in [7, 11) is 0. The van der Waals surface area contributed by atoms with Crippen LogP contribution in [0, 0.1) is 21.0 Å². The molecule has 0 saturated carbocycles. The highest BCUT2D eigenvalue weighted by Gasteiger charge is 2.12. The zero-order valence-corrected chi connectivity index (χ0v) is 21.5. The zero-order valence-electron chi connectivity index (χ0n) is 17.2. The molecule has 154 valence electrons. The van der Waals surface area contributed by atoms with Crippen LogP contribution in [-0.2, 0) is 0 Å². The van der Waals surface area contributed by atoms with Gasteiger partial charge in [0.1, 0.15) is 5.75 Å². The highest BCUT2D eigenvalue weighted by Crippen LogP contribution is 2.39. The summed E-state index contributed by atoms with van der Waals surface area (Å²) in [5.74, 6) is 0.259. The number of para-hydroxylation sites is 1. The van der Waals surface area contributed by atoms with E-state index in [9.17, 15) is 5.11 Å². The van der Waals surface area contributed by atoms with E-state index in [4.69, 9.17) is 4.99 Å². The van der Waals surface area contributed by atoms with Gasteiger partial charge in [0.15, 0.2) is 0 Å². The largest absolute Gasteiger partial charge is 0.506 e. The molecule has 0 aliphatic heterocycles. The van der Waals surface area contributed by atoms with E-state index in [1.54, 1.807) is 6.21 Å². The van der Waals surface area contributed by atoms with Crippen molar-refractivity contribution in [1.29, 1.82) is 0 Å². The van der Waals surface area contributed by atoms with Crippen molar-refractivity contribution in [3.63, 3.8) is 0 Å². The Bertz CT molecular complexity index is 1200. The third kappa shape index (κ3) is 5.01. The molecule has 2 nitrogen and oxygen atoms in total. The van der Waals surface area contributed by atoms with Gasteiger partial charge in [0.2, 0.25) is 0 Å². The number of phenolic OH excluding ortho intramolecular Hbond substituents is 1. The maximum Gasteiger partial charge on any atom is 0.137 e. The predicted molar refractivity (Wildman–Crippen MR) is 148 cm³/mol. The second kappa shape index (κ2) is 9.53. The minimum atomic E-state index is 0.259. The quantitative estimate of drug-likeness (QED) is 0.179. The molecule has 4 heteroatoms. The number of benzene rings is 4. The van der Waals surface area contributed by atoms with Gasteiger partial charge in [-0.25, -0.2) is 0 Å². The molecule has 0 atom stereocenters. The van der Waals surface area contributed by atoms with E-state index in [2.05, 4.69) is 126 Å². The molecular weight excluding hydrogens is 608 g/mol. The molecule has 0 bridgehead atoms. The lowest BCUT2D eigenvalue weighted by atomic mass is 9.95. The van der Waals surface area contributed by atoms with Crippen molar-refractivity contribution in [3.8, 4) is 28.0 Å². The molecule has 4 aromatic rings. The molecule has 0 aliphatic rings. The van der Waals surface area contributed by atoms with Gasteiger partial charge >= 0.3 is 0 Å². The van der Waals surface area contributed by atoms with Gasteiger partial charge in [0, 0.05) is 26.5 Å². The second-order valence-corrected chi connectivity index (χ2v) is 9.93. The van der Waals surface area contributed by atoms with Gasteiger partial charge in [-0.2, -0.15) is 0 Å². The number of rotatable bonds is 4. The molecule has 0 fully saturated rings. The molecule has 4 rings (SSSR count). The highest BCUT2D eigenvalue weighted by molar-refractivity contribution is 14.1. The summed E-state index contributed by atoms with van der Waals surface area (Å²) in [5.41, 5.74) is 8.42. The summed E-state index contributed by atoms with van der Waals surface area (Å²) >= 11 is 4.41. The molecule has 1 N–H and O–H groups in total. The summed E-state index contributed by atoms with van der Waals surface area (Å²) in [6.45, 7) is 4.18. The number of aryl methyl sites for hydroxylation is 2. The van der Waals surface area contributed by atoms with Crippen LogP contribution in [0.5, 0.6) is 5.75 Å². The minimum absolute atomic E-state index is 0.259. The SMILES string of the molecule is Cc1ccc(-c2cccc(-c3ccc(C)cc3)c2N=Cc2cc(I)cc(I)c2O)cc1. The maximum atomic E-state index is 10.5. The Morgan fingerprint density at radius 3 is 1.77 bits per heavy atom. The predicted octanol–water partition coefficient (Wildman–Crippen LogP) is 8.30. The van der Waals surface area contributed by atoms with Crippen molar-refractivity contribution in [2.45, 2.75) is 13.8 Å². The molecule has 0 aliphatic carbocycles. The van der Waals surface area contributed by atoms with Crippen LogP contribution in [0.3, 0.4) is 0 Å². The Balaban J connectivity index is 1.91. The van der Waals surface area contributed by atoms with Crippen LogP contribution < -0.4 is 0 Å². The maximum absolute atomic E-state index is 10.5. The summed E-state index contributed by atoms with van der Waals surface area (Å²) in [6, 6.07) is 27.2. The Morgan fingerprint density at radius 1 is 0.742 bits per heavy atom. The normalized spacial score (nSPS) is 11.2. The molecular formula is C27H21I2NO. The summed E-state index contributed by atoms with van der Waals surface area (Å²) < 4.78 is 1.88. The van der Waals surface area contributed by atoms with Crippen molar-refractivity contribution in [2.24, 2.45) is 4.99 Å². The first-order valence-electron chi connectivity index (χ1n) is 9.91. The topological polar surface area (TPSA) is 32.6 Å². The molecule has 31 heavy (non-hydrogen) atoms. The number of phenols is 1. The molecule has 4 aromatic carbocycles. The monoisotopic (exact) mass is 629 g/mol. The number of nitrogens with zero attached hydrogens (tertiary/aromatic N) is 1. The van der Waals surface area contributed by atoms with E-state index in [1.165, 1.54) is 11.1 Å². The molecule has 0 saturated heterocycles. The van der Waals surface area contributed by atoms with Crippen molar-refractivity contribution in [2.75, 3.05) is 0 Å². The summed E-state index contributed by atoms with van der Waals surface area (Å²) in [6.07, 6.45) is 1.77. The van der Waals surface area contributed by atoms with E-state index < -0.39 is 0 Å². The van der Waals surface area contributed by atoms with Gasteiger partial charge in [0.05, 0.1) is 9.26 Å². The Hall–Kier alpha value is -2.19. The zero-order chi connectivity index (χ0) is 22.0. The van der Waals surface area contributed by atoms with Crippen LogP contribution in [-0.4, -0.2) is 11.3 Å². The average Bonchev–Trinajstić information content (AvgIpc) is 2.76. The average molecular weight is 629 g/mol. The van der Waals surface area contributed by atoms with Crippen LogP contribution in [0.4, 0.5) is 5.69 Å². The van der Waals surface area contributed by atoms with Crippen LogP contribution >= 0.6 is 45.2 Å². The van der Waals surface area contributed by atoms with Crippen molar-refractivity contribution < 1.29 is 5.11 Å². The van der Waals surface area contributed by atoms with E-state index in [1.807, 2.05) is 12.1 Å². The van der Waals surface area contributed by atoms with Crippen molar-refractivity contribution >= 4 is 57.1 Å². The van der Waals surface area contributed by atoms with Crippen molar-refractivity contribution in [3.05, 3.63) is 103 Å². The van der Waals surface area contributed by atoms with Crippen LogP contribution in [0.2, 0.25) is 0 Å². The number of hydrogen-bond acceptors (Lipinski definition) is 2. The molecule has 0 amide bonds. The number of halogens is 2. The fraction of sp³-hybridized carbons (Fsp3) is 0.0741. The lowest BCUT2D eigenvalue weighted by Gasteiger charge is -2.13. The van der Waals surface area contributed by atoms with Gasteiger partial charge in [-0.1, -0.05) is 77.9 Å². The smallest absolute Gasteiger partial charge is 0.137 e. The molecule has 0 aromatic heterocycles. The van der Waals surface area contributed by atoms with Crippen LogP contribution in [0.1, 0.15) is 16.7 Å². The number of hydrogen-bond donors (Lipinski definition) is 1. The Labute approximate surface area is 210 Å². The van der Waals surface area contributed by atoms with Gasteiger partial charge < -0.3 is 5.11 Å². The minimum Gasteiger partial charge on any atom is -0.506 e. The first-order valence-corrected chi connectivity index (χ1v) is 12.1. The summed E-state index contributed by atoms with van der Waals surface area (Å²) in [5, 5.41) is 10.5. The van der Waals surface area contributed by atoms with Crippen LogP contribution in [0.25, 0.3) is 22.3 Å². The second-order valence-electron chi connectivity index (χ2n) is 7.52. The third-order valence-corrected chi connectivity index (χ3v) is 6.60. The molecule has 0 heterocycles. The standard InChI is InChI=1S/C27H21I2NO/c1-17-6-10-19(11-7-17)23-4-3-5-24(20-12-8-18(2)9-13-20)26(23)30-16-21-14-22(28)15-25(29)27(21)31/h3-16,31H,1-2H3. The number of aliphatic imine (C=N–C) groups is 1. The molecule has 0 radical (unpaired) electrons. The van der Waals surface area contributed by atoms with E-state index >= 15 is 0 Å². The van der Waals surface area contributed by atoms with Gasteiger partial charge in [-0.3, -0.25) is 4.99 Å². The molecule has 0 unspecified atom stereocenters. The lowest BCUT2D eigenvalue weighted by molar-refractivity contribution is 0.470. The van der Waals surface area contributed by atoms with E-state index in [0.29, 0.717) is 5.56 Å². The summed E-state index contributed by atoms with van der Waals surface area (Å²) in [4.78, 5) is 4.93. The van der Waals surface area contributed by atoms with Gasteiger partial charge in [0.25, 0.3) is 0 Å². The highest BCUT2D eigenvalue weighted by atomic mass is 127. The van der Waals surface area contributed by atoms with Crippen molar-refractivity contribution in [1.82, 2.24) is 0 Å². The lowest BCUT2D eigenvalue weighted by Crippen LogP contribution is -1.90. The van der Waals surface area contributed by atoms with E-state index in [0.717, 1.165) is 35.1 Å².